The van der Waals surface area contributed by atoms with Crippen molar-refractivity contribution in [3.63, 3.8) is 0 Å². The van der Waals surface area contributed by atoms with Crippen LogP contribution in [-0.4, -0.2) is 28.8 Å². The van der Waals surface area contributed by atoms with Gasteiger partial charge in [-0.1, -0.05) is 11.6 Å². The molecule has 1 rings (SSSR count). The molecule has 1 heterocycles. The normalized spacial score (nSPS) is 12.6. The van der Waals surface area contributed by atoms with Gasteiger partial charge < -0.3 is 15.5 Å². The third kappa shape index (κ3) is 3.59. The average molecular weight is 257 g/mol. The molecule has 4 nitrogen and oxygen atoms in total. The highest BCUT2D eigenvalue weighted by Crippen LogP contribution is 2.24. The summed E-state index contributed by atoms with van der Waals surface area (Å²) in [6, 6.07) is 1.68. The van der Waals surface area contributed by atoms with E-state index < -0.39 is 11.2 Å². The van der Waals surface area contributed by atoms with E-state index in [4.69, 9.17) is 27.1 Å². The summed E-state index contributed by atoms with van der Waals surface area (Å²) in [6.07, 6.45) is 1.58. The van der Waals surface area contributed by atoms with Crippen molar-refractivity contribution in [3.8, 4) is 0 Å². The number of halogens is 1. The zero-order valence-corrected chi connectivity index (χ0v) is 11.3. The number of nitrogens with two attached hydrogens (primary N) is 1. The second kappa shape index (κ2) is 4.84. The molecule has 17 heavy (non-hydrogen) atoms. The van der Waals surface area contributed by atoms with Crippen molar-refractivity contribution in [3.05, 3.63) is 17.4 Å². The largest absolute Gasteiger partial charge is 0.439 e. The average Bonchev–Trinajstić information content (AvgIpc) is 2.18. The highest BCUT2D eigenvalue weighted by molar-refractivity contribution is 6.47. The van der Waals surface area contributed by atoms with Gasteiger partial charge in [-0.15, -0.1) is 0 Å². The van der Waals surface area contributed by atoms with Crippen LogP contribution in [0.25, 0.3) is 0 Å². The Hall–Kier alpha value is -0.775. The van der Waals surface area contributed by atoms with E-state index in [9.17, 15) is 0 Å². The Kier molecular flexibility index (Phi) is 4.07. The first-order chi connectivity index (χ1) is 7.63. The molecule has 0 saturated heterocycles. The second-order valence-electron chi connectivity index (χ2n) is 5.02. The minimum absolute atomic E-state index is 0.280. The van der Waals surface area contributed by atoms with Crippen molar-refractivity contribution < 1.29 is 9.76 Å². The zero-order valence-electron chi connectivity index (χ0n) is 10.5. The minimum atomic E-state index is -0.713. The fourth-order valence-corrected chi connectivity index (χ4v) is 1.01. The Bertz CT molecular complexity index is 405. The van der Waals surface area contributed by atoms with Crippen molar-refractivity contribution in [2.24, 2.45) is 0 Å². The summed E-state index contributed by atoms with van der Waals surface area (Å²) in [5.41, 5.74) is 5.45. The second-order valence-corrected chi connectivity index (χ2v) is 5.38. The van der Waals surface area contributed by atoms with Crippen LogP contribution in [0.5, 0.6) is 0 Å². The monoisotopic (exact) mass is 256 g/mol. The van der Waals surface area contributed by atoms with Crippen LogP contribution in [0.4, 0.5) is 5.69 Å². The highest BCUT2D eigenvalue weighted by Gasteiger charge is 2.40. The van der Waals surface area contributed by atoms with Gasteiger partial charge in [0.05, 0.1) is 5.69 Å². The molecule has 1 radical (unpaired) electrons. The molecule has 0 atom stereocenters. The molecule has 0 fully saturated rings. The minimum Gasteiger partial charge on any atom is -0.439 e. The van der Waals surface area contributed by atoms with Crippen molar-refractivity contribution in [1.29, 1.82) is 0 Å². The fraction of sp³-hybridized carbons (Fsp3) is 0.545. The van der Waals surface area contributed by atoms with Crippen LogP contribution >= 0.6 is 11.6 Å². The molecule has 0 saturated carbocycles. The first-order valence-corrected chi connectivity index (χ1v) is 5.68. The molecule has 0 aliphatic carbocycles. The standard InChI is InChI=1S/C11H17BClN2O2/c1-10(2,16)11(3,4)17-12-7-5-8(14)9(13)15-6-7/h5-6,16H,14H2,1-4H3/p+1. The predicted octanol–water partition coefficient (Wildman–Crippen LogP) is 0.860. The molecule has 93 valence electrons. The van der Waals surface area contributed by atoms with Crippen molar-refractivity contribution in [2.75, 3.05) is 5.73 Å². The van der Waals surface area contributed by atoms with E-state index in [-0.39, 0.29) is 5.15 Å². The summed E-state index contributed by atoms with van der Waals surface area (Å²) in [4.78, 5) is 3.92. The van der Waals surface area contributed by atoms with Crippen molar-refractivity contribution in [2.45, 2.75) is 38.9 Å². The number of rotatable bonds is 4. The Morgan fingerprint density at radius 3 is 2.47 bits per heavy atom. The summed E-state index contributed by atoms with van der Waals surface area (Å²) in [5.74, 6) is 0. The third-order valence-electron chi connectivity index (χ3n) is 2.88. The lowest BCUT2D eigenvalue weighted by Gasteiger charge is -2.33. The van der Waals surface area contributed by atoms with Crippen LogP contribution in [0.1, 0.15) is 27.7 Å². The summed E-state index contributed by atoms with van der Waals surface area (Å²) in [6.45, 7) is 7.33. The molecule has 0 aliphatic rings. The molecular weight excluding hydrogens is 238 g/mol. The number of hydrogen-bond acceptors (Lipinski definition) is 3. The van der Waals surface area contributed by atoms with Gasteiger partial charge in [-0.3, -0.25) is 0 Å². The Balaban J connectivity index is 2.71. The first kappa shape index (κ1) is 14.3. The first-order valence-electron chi connectivity index (χ1n) is 5.30. The van der Waals surface area contributed by atoms with Crippen LogP contribution in [-0.2, 0) is 4.65 Å². The number of nitrogens with zero attached hydrogens (tertiary/aromatic N) is 1. The van der Waals surface area contributed by atoms with Crippen LogP contribution < -0.4 is 11.2 Å². The Labute approximate surface area is 107 Å². The maximum Gasteiger partial charge on any atom is 0.332 e. The van der Waals surface area contributed by atoms with E-state index in [0.717, 1.165) is 5.46 Å². The molecule has 4 N–H and O–H groups in total. The fourth-order valence-electron chi connectivity index (χ4n) is 0.909. The van der Waals surface area contributed by atoms with Gasteiger partial charge in [0.25, 0.3) is 0 Å². The molecule has 1 aromatic heterocycles. The van der Waals surface area contributed by atoms with E-state index in [1.54, 1.807) is 33.6 Å². The van der Waals surface area contributed by atoms with Crippen molar-refractivity contribution in [1.82, 2.24) is 4.98 Å². The Morgan fingerprint density at radius 1 is 1.41 bits per heavy atom. The van der Waals surface area contributed by atoms with Gasteiger partial charge in [0.1, 0.15) is 5.60 Å². The SMILES string of the molecule is CC(C)([OH2+])C(C)(C)O[B]c1cnc(Cl)c(N)c1. The molecule has 1 aromatic rings. The van der Waals surface area contributed by atoms with Crippen LogP contribution in [0, 0.1) is 0 Å². The predicted molar refractivity (Wildman–Crippen MR) is 71.9 cm³/mol. The van der Waals surface area contributed by atoms with E-state index >= 15 is 0 Å². The molecule has 0 spiro atoms. The maximum absolute atomic E-state index is 7.97. The number of aromatic nitrogens is 1. The highest BCUT2D eigenvalue weighted by atomic mass is 35.5. The van der Waals surface area contributed by atoms with E-state index in [0.29, 0.717) is 5.69 Å². The number of anilines is 1. The van der Waals surface area contributed by atoms with Gasteiger partial charge in [0.15, 0.2) is 10.8 Å². The lowest BCUT2D eigenvalue weighted by atomic mass is 9.83. The maximum atomic E-state index is 7.97. The summed E-state index contributed by atoms with van der Waals surface area (Å²) in [5, 5.41) is 8.25. The van der Waals surface area contributed by atoms with E-state index in [1.807, 2.05) is 13.8 Å². The van der Waals surface area contributed by atoms with Gasteiger partial charge in [0, 0.05) is 20.0 Å². The summed E-state index contributed by atoms with van der Waals surface area (Å²) in [7, 11) is 1.55. The number of hydrogen-bond donors (Lipinski definition) is 1. The van der Waals surface area contributed by atoms with Gasteiger partial charge in [-0.2, -0.15) is 0 Å². The topological polar surface area (TPSA) is 71.0 Å². The molecule has 6 heteroatoms. The molecule has 0 unspecified atom stereocenters. The number of pyridine rings is 1. The summed E-state index contributed by atoms with van der Waals surface area (Å²) < 4.78 is 5.62. The molecule has 0 bridgehead atoms. The zero-order chi connectivity index (χ0) is 13.3. The van der Waals surface area contributed by atoms with Crippen LogP contribution in [0.2, 0.25) is 5.15 Å². The van der Waals surface area contributed by atoms with E-state index in [1.165, 1.54) is 0 Å². The third-order valence-corrected chi connectivity index (χ3v) is 3.20. The van der Waals surface area contributed by atoms with Gasteiger partial charge in [-0.05, 0) is 25.4 Å². The lowest BCUT2D eigenvalue weighted by molar-refractivity contribution is -0.0893. The van der Waals surface area contributed by atoms with Gasteiger partial charge in [0.2, 0.25) is 0 Å². The molecule has 0 aliphatic heterocycles. The summed E-state index contributed by atoms with van der Waals surface area (Å²) >= 11 is 5.72. The van der Waals surface area contributed by atoms with Crippen LogP contribution in [0.15, 0.2) is 12.3 Å². The van der Waals surface area contributed by atoms with Crippen molar-refractivity contribution >= 4 is 30.2 Å². The van der Waals surface area contributed by atoms with Gasteiger partial charge >= 0.3 is 7.48 Å². The molecule has 0 aromatic carbocycles. The number of nitrogen functional groups attached to an aromatic ring is 1. The quantitative estimate of drug-likeness (QED) is 0.493. The lowest BCUT2D eigenvalue weighted by Crippen LogP contribution is -2.49. The van der Waals surface area contributed by atoms with E-state index in [2.05, 4.69) is 4.98 Å². The molecular formula is C11H18BClN2O2+. The Morgan fingerprint density at radius 2 is 2.00 bits per heavy atom. The molecule has 0 amide bonds. The smallest absolute Gasteiger partial charge is 0.332 e. The van der Waals surface area contributed by atoms with Crippen LogP contribution in [0.3, 0.4) is 0 Å². The van der Waals surface area contributed by atoms with Gasteiger partial charge in [-0.25, -0.2) is 4.98 Å².